The molecule has 1 aliphatic heterocycles. The number of anilines is 1. The summed E-state index contributed by atoms with van der Waals surface area (Å²) in [5, 5.41) is 0.420. The number of hydrogen-bond acceptors (Lipinski definition) is 3. The first-order chi connectivity index (χ1) is 9.59. The highest BCUT2D eigenvalue weighted by atomic mass is 35.5. The van der Waals surface area contributed by atoms with E-state index in [9.17, 15) is 9.59 Å². The number of nitrogens with zero attached hydrogens (tertiary/aromatic N) is 3. The van der Waals surface area contributed by atoms with Crippen molar-refractivity contribution in [3.8, 4) is 0 Å². The first-order valence-electron chi connectivity index (χ1n) is 6.22. The highest BCUT2D eigenvalue weighted by molar-refractivity contribution is 6.54. The molecule has 0 bridgehead atoms. The van der Waals surface area contributed by atoms with Crippen LogP contribution in [0, 0.1) is 6.92 Å². The van der Waals surface area contributed by atoms with E-state index >= 15 is 0 Å². The zero-order valence-electron chi connectivity index (χ0n) is 10.8. The summed E-state index contributed by atoms with van der Waals surface area (Å²) >= 11 is 6.12. The number of imidazole rings is 1. The first-order valence-corrected chi connectivity index (χ1v) is 6.60. The highest BCUT2D eigenvalue weighted by Crippen LogP contribution is 2.35. The second-order valence-electron chi connectivity index (χ2n) is 4.59. The van der Waals surface area contributed by atoms with Crippen molar-refractivity contribution < 1.29 is 9.59 Å². The predicted molar refractivity (Wildman–Crippen MR) is 75.1 cm³/mol. The van der Waals surface area contributed by atoms with Gasteiger partial charge in [0.05, 0.1) is 16.3 Å². The topological polar surface area (TPSA) is 55.2 Å². The quantitative estimate of drug-likeness (QED) is 0.813. The minimum atomic E-state index is -0.522. The molecular weight excluding hydrogens is 278 g/mol. The monoisotopic (exact) mass is 289 g/mol. The van der Waals surface area contributed by atoms with Gasteiger partial charge in [-0.05, 0) is 19.1 Å². The smallest absolute Gasteiger partial charge is 0.299 e. The molecule has 0 N–H and O–H groups in total. The molecule has 3 rings (SSSR count). The second kappa shape index (κ2) is 4.76. The average molecular weight is 290 g/mol. The fourth-order valence-corrected chi connectivity index (χ4v) is 2.65. The maximum atomic E-state index is 12.1. The number of ketones is 1. The molecule has 102 valence electrons. The number of halogens is 1. The van der Waals surface area contributed by atoms with E-state index in [0.717, 1.165) is 5.82 Å². The van der Waals surface area contributed by atoms with Crippen molar-refractivity contribution in [3.63, 3.8) is 0 Å². The summed E-state index contributed by atoms with van der Waals surface area (Å²) in [7, 11) is 0. The van der Waals surface area contributed by atoms with Gasteiger partial charge < -0.3 is 9.47 Å². The lowest BCUT2D eigenvalue weighted by Gasteiger charge is -2.18. The van der Waals surface area contributed by atoms with Crippen molar-refractivity contribution in [2.45, 2.75) is 13.5 Å². The van der Waals surface area contributed by atoms with Crippen molar-refractivity contribution >= 4 is 29.0 Å². The molecule has 1 aromatic heterocycles. The second-order valence-corrected chi connectivity index (χ2v) is 5.00. The van der Waals surface area contributed by atoms with Crippen molar-refractivity contribution in [1.29, 1.82) is 0 Å². The van der Waals surface area contributed by atoms with E-state index in [4.69, 9.17) is 11.6 Å². The summed E-state index contributed by atoms with van der Waals surface area (Å²) in [5.74, 6) is -0.155. The van der Waals surface area contributed by atoms with E-state index in [1.807, 2.05) is 17.7 Å². The average Bonchev–Trinajstić information content (AvgIpc) is 2.94. The Morgan fingerprint density at radius 1 is 1.25 bits per heavy atom. The van der Waals surface area contributed by atoms with Gasteiger partial charge in [-0.2, -0.15) is 0 Å². The number of benzene rings is 1. The molecule has 20 heavy (non-hydrogen) atoms. The summed E-state index contributed by atoms with van der Waals surface area (Å²) in [5.41, 5.74) is 0.895. The highest BCUT2D eigenvalue weighted by Gasteiger charge is 2.36. The summed E-state index contributed by atoms with van der Waals surface area (Å²) in [6.07, 6.45) is 3.54. The molecule has 0 atom stereocenters. The molecule has 5 nitrogen and oxygen atoms in total. The Morgan fingerprint density at radius 2 is 2.05 bits per heavy atom. The van der Waals surface area contributed by atoms with E-state index in [2.05, 4.69) is 4.98 Å². The molecule has 0 aliphatic carbocycles. The Kier molecular flexibility index (Phi) is 3.06. The molecule has 1 aromatic carbocycles. The molecule has 1 amide bonds. The molecule has 6 heteroatoms. The molecule has 0 radical (unpaired) electrons. The number of para-hydroxylation sites is 1. The van der Waals surface area contributed by atoms with Gasteiger partial charge in [-0.3, -0.25) is 9.59 Å². The zero-order valence-corrected chi connectivity index (χ0v) is 11.6. The maximum absolute atomic E-state index is 12.1. The number of amides is 1. The van der Waals surface area contributed by atoms with Gasteiger partial charge in [0.2, 0.25) is 0 Å². The Hall–Kier alpha value is -2.14. The number of carbonyl (C=O) groups excluding carboxylic acids is 2. The van der Waals surface area contributed by atoms with Gasteiger partial charge in [-0.15, -0.1) is 0 Å². The van der Waals surface area contributed by atoms with Gasteiger partial charge in [0.15, 0.2) is 0 Å². The Bertz CT molecular complexity index is 708. The Balaban J connectivity index is 1.90. The van der Waals surface area contributed by atoms with E-state index in [1.54, 1.807) is 24.4 Å². The predicted octanol–water partition coefficient (Wildman–Crippen LogP) is 2.07. The third-order valence-electron chi connectivity index (χ3n) is 3.43. The molecule has 2 heterocycles. The van der Waals surface area contributed by atoms with Crippen LogP contribution in [0.15, 0.2) is 30.6 Å². The third-order valence-corrected chi connectivity index (χ3v) is 3.73. The van der Waals surface area contributed by atoms with Gasteiger partial charge in [0.1, 0.15) is 5.82 Å². The normalized spacial score (nSPS) is 14.0. The van der Waals surface area contributed by atoms with Crippen LogP contribution in [-0.4, -0.2) is 27.8 Å². The minimum absolute atomic E-state index is 0.379. The van der Waals surface area contributed by atoms with Gasteiger partial charge in [-0.1, -0.05) is 17.7 Å². The number of aryl methyl sites for hydroxylation is 1. The summed E-state index contributed by atoms with van der Waals surface area (Å²) < 4.78 is 1.92. The van der Waals surface area contributed by atoms with Crippen LogP contribution in [0.3, 0.4) is 0 Å². The lowest BCUT2D eigenvalue weighted by atomic mass is 10.1. The molecule has 1 aliphatic rings. The number of hydrogen-bond donors (Lipinski definition) is 0. The molecule has 0 unspecified atom stereocenters. The Labute approximate surface area is 120 Å². The van der Waals surface area contributed by atoms with Crippen molar-refractivity contribution in [2.24, 2.45) is 0 Å². The van der Waals surface area contributed by atoms with E-state index in [0.29, 0.717) is 29.4 Å². The van der Waals surface area contributed by atoms with Crippen molar-refractivity contribution in [2.75, 3.05) is 11.4 Å². The standard InChI is InChI=1S/C14H12ClN3O2/c1-9-16-5-6-17(9)7-8-18-12-10(13(19)14(18)20)3-2-4-11(12)15/h2-6H,7-8H2,1H3. The van der Waals surface area contributed by atoms with Gasteiger partial charge in [-0.25, -0.2) is 4.98 Å². The Morgan fingerprint density at radius 3 is 2.75 bits per heavy atom. The number of carbonyl (C=O) groups is 2. The lowest BCUT2D eigenvalue weighted by Crippen LogP contribution is -2.33. The van der Waals surface area contributed by atoms with Crippen LogP contribution in [0.5, 0.6) is 0 Å². The minimum Gasteiger partial charge on any atom is -0.333 e. The third kappa shape index (κ3) is 1.91. The number of Topliss-reactive ketones (excluding diaryl/α,β-unsaturated/α-hetero) is 1. The van der Waals surface area contributed by atoms with Crippen molar-refractivity contribution in [3.05, 3.63) is 47.0 Å². The number of aromatic nitrogens is 2. The van der Waals surface area contributed by atoms with Gasteiger partial charge in [0.25, 0.3) is 11.7 Å². The maximum Gasteiger partial charge on any atom is 0.299 e. The van der Waals surface area contributed by atoms with Crippen LogP contribution in [0.4, 0.5) is 5.69 Å². The van der Waals surface area contributed by atoms with Crippen LogP contribution in [-0.2, 0) is 11.3 Å². The molecule has 0 fully saturated rings. The summed E-state index contributed by atoms with van der Waals surface area (Å²) in [6.45, 7) is 2.84. The van der Waals surface area contributed by atoms with Crippen molar-refractivity contribution in [1.82, 2.24) is 9.55 Å². The van der Waals surface area contributed by atoms with Crippen LogP contribution >= 0.6 is 11.6 Å². The summed E-state index contributed by atoms with van der Waals surface area (Å²) in [6, 6.07) is 4.99. The van der Waals surface area contributed by atoms with Crippen LogP contribution in [0.1, 0.15) is 16.2 Å². The van der Waals surface area contributed by atoms with Crippen LogP contribution in [0.25, 0.3) is 0 Å². The number of fused-ring (bicyclic) bond motifs is 1. The van der Waals surface area contributed by atoms with Gasteiger partial charge in [0, 0.05) is 25.5 Å². The SMILES string of the molecule is Cc1nccn1CCN1C(=O)C(=O)c2cccc(Cl)c21. The first kappa shape index (κ1) is 12.9. The number of rotatable bonds is 3. The van der Waals surface area contributed by atoms with E-state index in [1.165, 1.54) is 4.90 Å². The van der Waals surface area contributed by atoms with Crippen LogP contribution < -0.4 is 4.90 Å². The van der Waals surface area contributed by atoms with Gasteiger partial charge >= 0.3 is 0 Å². The summed E-state index contributed by atoms with van der Waals surface area (Å²) in [4.78, 5) is 29.5. The lowest BCUT2D eigenvalue weighted by molar-refractivity contribution is -0.114. The van der Waals surface area contributed by atoms with E-state index in [-0.39, 0.29) is 0 Å². The molecule has 2 aromatic rings. The molecule has 0 saturated heterocycles. The largest absolute Gasteiger partial charge is 0.333 e. The molecular formula is C14H12ClN3O2. The zero-order chi connectivity index (χ0) is 14.3. The fourth-order valence-electron chi connectivity index (χ4n) is 2.37. The molecule has 0 spiro atoms. The fraction of sp³-hybridized carbons (Fsp3) is 0.214. The van der Waals surface area contributed by atoms with Crippen LogP contribution in [0.2, 0.25) is 5.02 Å². The molecule has 0 saturated carbocycles. The van der Waals surface area contributed by atoms with E-state index < -0.39 is 11.7 Å².